The van der Waals surface area contributed by atoms with Gasteiger partial charge in [0.05, 0.1) is 29.7 Å². The van der Waals surface area contributed by atoms with Crippen LogP contribution in [0.1, 0.15) is 43.2 Å². The molecule has 2 fully saturated rings. The standard InChI is InChI=1S/C39H45Cl2N4O6/c1-25(2)39(47)51-37-26(3)18-29(19-27(37)4)21-44-22-32(24-50-33-9-7-31(8-10-33)43-14-12-42(13-15-43)28(5)46)45(23-36-48-16-17-49-36)38(44)34-11-6-30(40)20-35(34)41/h6-11,18-20,22,25,36H,12-17,21,23-24H2,1-5H3/q+1. The summed E-state index contributed by atoms with van der Waals surface area (Å²) in [5, 5.41) is 1.06. The molecule has 0 unspecified atom stereocenters. The van der Waals surface area contributed by atoms with Crippen LogP contribution in [0.25, 0.3) is 11.4 Å². The molecule has 0 aliphatic carbocycles. The molecule has 2 aliphatic rings. The van der Waals surface area contributed by atoms with E-state index in [0.717, 1.165) is 58.3 Å². The molecular weight excluding hydrogens is 691 g/mol. The molecule has 0 radical (unpaired) electrons. The number of hydrogen-bond donors (Lipinski definition) is 0. The number of halogens is 2. The van der Waals surface area contributed by atoms with E-state index in [1.54, 1.807) is 13.0 Å². The molecule has 0 saturated carbocycles. The summed E-state index contributed by atoms with van der Waals surface area (Å²) in [5.74, 6) is 1.80. The van der Waals surface area contributed by atoms with Crippen molar-refractivity contribution in [3.8, 4) is 22.9 Å². The minimum absolute atomic E-state index is 0.115. The number of hydrogen-bond acceptors (Lipinski definition) is 7. The average Bonchev–Trinajstić information content (AvgIpc) is 3.73. The molecule has 0 bridgehead atoms. The van der Waals surface area contributed by atoms with Gasteiger partial charge >= 0.3 is 5.97 Å². The molecule has 1 aromatic heterocycles. The zero-order valence-corrected chi connectivity index (χ0v) is 31.3. The van der Waals surface area contributed by atoms with Crippen molar-refractivity contribution >= 4 is 40.8 Å². The Morgan fingerprint density at radius 2 is 1.61 bits per heavy atom. The van der Waals surface area contributed by atoms with Gasteiger partial charge in [0.15, 0.2) is 18.6 Å². The molecule has 1 amide bonds. The number of nitrogens with zero attached hydrogens (tertiary/aromatic N) is 4. The molecule has 3 heterocycles. The Morgan fingerprint density at radius 1 is 0.941 bits per heavy atom. The van der Waals surface area contributed by atoms with Crippen LogP contribution in [0.5, 0.6) is 11.5 Å². The van der Waals surface area contributed by atoms with E-state index in [4.69, 9.17) is 42.1 Å². The number of benzene rings is 3. The quantitative estimate of drug-likeness (QED) is 0.0976. The molecule has 0 atom stereocenters. The summed E-state index contributed by atoms with van der Waals surface area (Å²) in [5.41, 5.74) is 5.59. The number of imidazole rings is 1. The lowest BCUT2D eigenvalue weighted by Crippen LogP contribution is -2.48. The SMILES string of the molecule is CC(=O)N1CCN(c2ccc(OCc3c[n+](Cc4cc(C)c(OC(=O)C(C)C)c(C)c4)c(-c4ccc(Cl)cc4Cl)n3CC3OCCO3)cc2)CC1. The molecule has 10 nitrogen and oxygen atoms in total. The first kappa shape index (κ1) is 36.7. The molecule has 2 saturated heterocycles. The van der Waals surface area contributed by atoms with Crippen LogP contribution in [-0.4, -0.2) is 67.0 Å². The molecule has 270 valence electrons. The van der Waals surface area contributed by atoms with Crippen LogP contribution in [0.15, 0.2) is 60.8 Å². The third-order valence-corrected chi connectivity index (χ3v) is 9.78. The Kier molecular flexibility index (Phi) is 11.6. The molecule has 2 aliphatic heterocycles. The second-order valence-electron chi connectivity index (χ2n) is 13.4. The fourth-order valence-electron chi connectivity index (χ4n) is 6.57. The van der Waals surface area contributed by atoms with Gasteiger partial charge in [0.25, 0.3) is 5.82 Å². The number of ether oxygens (including phenoxy) is 4. The normalized spacial score (nSPS) is 15.1. The number of amides is 1. The van der Waals surface area contributed by atoms with Crippen molar-refractivity contribution in [2.75, 3.05) is 44.3 Å². The first-order chi connectivity index (χ1) is 24.5. The largest absolute Gasteiger partial charge is 0.485 e. The van der Waals surface area contributed by atoms with Crippen molar-refractivity contribution in [3.05, 3.63) is 93.2 Å². The van der Waals surface area contributed by atoms with Gasteiger partial charge in [-0.05, 0) is 85.1 Å². The summed E-state index contributed by atoms with van der Waals surface area (Å²) >= 11 is 13.2. The molecule has 51 heavy (non-hydrogen) atoms. The maximum atomic E-state index is 12.4. The van der Waals surface area contributed by atoms with Crippen molar-refractivity contribution in [2.45, 2.75) is 60.6 Å². The number of anilines is 1. The van der Waals surface area contributed by atoms with E-state index < -0.39 is 6.29 Å². The van der Waals surface area contributed by atoms with Gasteiger partial charge in [0.1, 0.15) is 30.8 Å². The predicted octanol–water partition coefficient (Wildman–Crippen LogP) is 6.60. The zero-order chi connectivity index (χ0) is 36.2. The van der Waals surface area contributed by atoms with E-state index in [0.29, 0.717) is 55.2 Å². The second-order valence-corrected chi connectivity index (χ2v) is 14.2. The van der Waals surface area contributed by atoms with Gasteiger partial charge in [-0.25, -0.2) is 9.13 Å². The third-order valence-electron chi connectivity index (χ3n) is 9.23. The van der Waals surface area contributed by atoms with Crippen LogP contribution in [0.4, 0.5) is 5.69 Å². The lowest BCUT2D eigenvalue weighted by molar-refractivity contribution is -0.677. The maximum Gasteiger partial charge on any atom is 0.313 e. The Bertz CT molecular complexity index is 1860. The Balaban J connectivity index is 1.31. The summed E-state index contributed by atoms with van der Waals surface area (Å²) in [4.78, 5) is 28.3. The van der Waals surface area contributed by atoms with Gasteiger partial charge in [0, 0.05) is 43.8 Å². The van der Waals surface area contributed by atoms with Gasteiger partial charge < -0.3 is 28.7 Å². The lowest BCUT2D eigenvalue weighted by atomic mass is 10.1. The van der Waals surface area contributed by atoms with E-state index in [-0.39, 0.29) is 24.4 Å². The number of piperazine rings is 1. The highest BCUT2D eigenvalue weighted by Crippen LogP contribution is 2.32. The third kappa shape index (κ3) is 8.69. The zero-order valence-electron chi connectivity index (χ0n) is 29.8. The summed E-state index contributed by atoms with van der Waals surface area (Å²) in [6, 6.07) is 17.7. The predicted molar refractivity (Wildman–Crippen MR) is 197 cm³/mol. The second kappa shape index (κ2) is 16.1. The molecule has 0 N–H and O–H groups in total. The van der Waals surface area contributed by atoms with Crippen molar-refractivity contribution in [1.29, 1.82) is 0 Å². The number of carbonyl (C=O) groups is 2. The van der Waals surface area contributed by atoms with Gasteiger partial charge in [-0.15, -0.1) is 0 Å². The van der Waals surface area contributed by atoms with Crippen LogP contribution in [-0.2, 0) is 38.8 Å². The fourth-order valence-corrected chi connectivity index (χ4v) is 7.06. The number of rotatable bonds is 11. The molecular formula is C39H45Cl2N4O6+. The minimum Gasteiger partial charge on any atom is -0.485 e. The topological polar surface area (TPSA) is 86.4 Å². The monoisotopic (exact) mass is 735 g/mol. The van der Waals surface area contributed by atoms with Crippen LogP contribution in [0.3, 0.4) is 0 Å². The van der Waals surface area contributed by atoms with Crippen molar-refractivity contribution in [1.82, 2.24) is 9.47 Å². The molecule has 6 rings (SSSR count). The van der Waals surface area contributed by atoms with Crippen LogP contribution >= 0.6 is 23.2 Å². The Morgan fingerprint density at radius 3 is 2.22 bits per heavy atom. The van der Waals surface area contributed by atoms with E-state index in [1.165, 1.54) is 0 Å². The van der Waals surface area contributed by atoms with Crippen LogP contribution in [0.2, 0.25) is 10.0 Å². The van der Waals surface area contributed by atoms with E-state index in [9.17, 15) is 9.59 Å². The summed E-state index contributed by atoms with van der Waals surface area (Å²) in [7, 11) is 0. The maximum absolute atomic E-state index is 12.4. The highest BCUT2D eigenvalue weighted by molar-refractivity contribution is 6.36. The number of esters is 1. The highest BCUT2D eigenvalue weighted by atomic mass is 35.5. The molecule has 0 spiro atoms. The number of aryl methyl sites for hydroxylation is 2. The van der Waals surface area contributed by atoms with E-state index >= 15 is 0 Å². The van der Waals surface area contributed by atoms with Gasteiger partial charge in [-0.3, -0.25) is 9.59 Å². The van der Waals surface area contributed by atoms with Gasteiger partial charge in [0.2, 0.25) is 5.91 Å². The fraction of sp³-hybridized carbons (Fsp3) is 0.410. The first-order valence-corrected chi connectivity index (χ1v) is 18.1. The van der Waals surface area contributed by atoms with Crippen LogP contribution in [0, 0.1) is 19.8 Å². The van der Waals surface area contributed by atoms with Gasteiger partial charge in [-0.1, -0.05) is 37.0 Å². The minimum atomic E-state index is -0.434. The summed E-state index contributed by atoms with van der Waals surface area (Å²) in [6.07, 6.45) is 1.65. The first-order valence-electron chi connectivity index (χ1n) is 17.3. The summed E-state index contributed by atoms with van der Waals surface area (Å²) < 4.78 is 28.3. The molecule has 12 heteroatoms. The smallest absolute Gasteiger partial charge is 0.313 e. The van der Waals surface area contributed by atoms with Crippen LogP contribution < -0.4 is 18.9 Å². The lowest BCUT2D eigenvalue weighted by Gasteiger charge is -2.35. The van der Waals surface area contributed by atoms with E-state index in [1.807, 2.05) is 56.9 Å². The van der Waals surface area contributed by atoms with Gasteiger partial charge in [-0.2, -0.15) is 0 Å². The highest BCUT2D eigenvalue weighted by Gasteiger charge is 2.31. The number of carbonyl (C=O) groups excluding carboxylic acids is 2. The molecule has 3 aromatic carbocycles. The van der Waals surface area contributed by atoms with E-state index in [2.05, 4.69) is 44.5 Å². The van der Waals surface area contributed by atoms with Crippen molar-refractivity contribution < 1.29 is 33.1 Å². The summed E-state index contributed by atoms with van der Waals surface area (Å²) in [6.45, 7) is 14.4. The van der Waals surface area contributed by atoms with Crippen molar-refractivity contribution in [2.24, 2.45) is 5.92 Å². The Hall–Kier alpha value is -4.09. The molecule has 4 aromatic rings. The van der Waals surface area contributed by atoms with Crippen molar-refractivity contribution in [3.63, 3.8) is 0 Å². The Labute approximate surface area is 309 Å². The number of aromatic nitrogens is 2. The average molecular weight is 737 g/mol.